The first-order valence-electron chi connectivity index (χ1n) is 12.3. The molecule has 7 rings (SSSR count). The molecule has 1 aliphatic carbocycles. The summed E-state index contributed by atoms with van der Waals surface area (Å²) in [5.74, 6) is -0.587. The molecule has 4 aliphatic heterocycles. The van der Waals surface area contributed by atoms with Crippen molar-refractivity contribution in [3.63, 3.8) is 0 Å². The van der Waals surface area contributed by atoms with E-state index in [1.807, 2.05) is 11.8 Å². The average Bonchev–Trinajstić information content (AvgIpc) is 3.02. The van der Waals surface area contributed by atoms with Crippen LogP contribution >= 0.6 is 11.8 Å². The average molecular weight is 490 g/mol. The highest BCUT2D eigenvalue weighted by Gasteiger charge is 2.50. The molecular weight excluding hydrogens is 462 g/mol. The monoisotopic (exact) mass is 489 g/mol. The van der Waals surface area contributed by atoms with Crippen molar-refractivity contribution in [2.75, 3.05) is 19.8 Å². The van der Waals surface area contributed by atoms with E-state index < -0.39 is 6.10 Å². The summed E-state index contributed by atoms with van der Waals surface area (Å²) < 4.78 is 5.90. The van der Waals surface area contributed by atoms with Gasteiger partial charge in [0, 0.05) is 22.9 Å². The highest BCUT2D eigenvalue weighted by atomic mass is 32.2. The highest BCUT2D eigenvalue weighted by Crippen LogP contribution is 2.54. The van der Waals surface area contributed by atoms with Gasteiger partial charge in [-0.1, -0.05) is 36.4 Å². The number of aliphatic hydroxyl groups is 2. The van der Waals surface area contributed by atoms with Crippen LogP contribution < -0.4 is 0 Å². The van der Waals surface area contributed by atoms with Crippen LogP contribution in [0.4, 0.5) is 0 Å². The second-order valence-electron chi connectivity index (χ2n) is 9.66. The summed E-state index contributed by atoms with van der Waals surface area (Å²) in [6, 6.07) is 15.0. The van der Waals surface area contributed by atoms with Crippen molar-refractivity contribution in [3.8, 4) is 0 Å². The van der Waals surface area contributed by atoms with Crippen molar-refractivity contribution >= 4 is 17.7 Å². The van der Waals surface area contributed by atoms with Gasteiger partial charge in [-0.15, -0.1) is 11.8 Å². The molecule has 35 heavy (non-hydrogen) atoms. The van der Waals surface area contributed by atoms with Crippen molar-refractivity contribution in [1.29, 1.82) is 0 Å². The molecular formula is C27H27N3O4S. The molecule has 1 amide bonds. The van der Waals surface area contributed by atoms with E-state index in [4.69, 9.17) is 4.74 Å². The van der Waals surface area contributed by atoms with Crippen LogP contribution in [0.25, 0.3) is 0 Å². The molecule has 8 heteroatoms. The predicted octanol–water partition coefficient (Wildman–Crippen LogP) is 3.63. The first-order valence-corrected chi connectivity index (χ1v) is 13.1. The van der Waals surface area contributed by atoms with Crippen LogP contribution in [0.5, 0.6) is 0 Å². The topological polar surface area (TPSA) is 76.5 Å². The predicted molar refractivity (Wildman–Crippen MR) is 131 cm³/mol. The van der Waals surface area contributed by atoms with Crippen molar-refractivity contribution in [1.82, 2.24) is 14.9 Å². The molecule has 4 heterocycles. The Morgan fingerprint density at radius 1 is 1.09 bits per heavy atom. The van der Waals surface area contributed by atoms with Crippen molar-refractivity contribution in [2.45, 2.75) is 47.7 Å². The first kappa shape index (κ1) is 21.5. The summed E-state index contributed by atoms with van der Waals surface area (Å²) in [6.07, 6.45) is 5.09. The number of aliphatic hydroxyl groups excluding tert-OH is 2. The third kappa shape index (κ3) is 3.13. The minimum absolute atomic E-state index is 0.119. The summed E-state index contributed by atoms with van der Waals surface area (Å²) in [4.78, 5) is 16.6. The summed E-state index contributed by atoms with van der Waals surface area (Å²) in [5.41, 5.74) is 5.34. The van der Waals surface area contributed by atoms with Gasteiger partial charge in [0.25, 0.3) is 5.91 Å². The smallest absolute Gasteiger partial charge is 0.277 e. The number of rotatable bonds is 1. The van der Waals surface area contributed by atoms with E-state index in [0.29, 0.717) is 25.0 Å². The van der Waals surface area contributed by atoms with Crippen LogP contribution in [-0.4, -0.2) is 63.1 Å². The Balaban J connectivity index is 1.49. The Morgan fingerprint density at radius 3 is 2.86 bits per heavy atom. The maximum atomic E-state index is 13.5. The van der Waals surface area contributed by atoms with Crippen LogP contribution in [-0.2, 0) is 16.0 Å². The van der Waals surface area contributed by atoms with Gasteiger partial charge in [0.2, 0.25) is 0 Å². The lowest BCUT2D eigenvalue weighted by Crippen LogP contribution is -2.68. The number of nitrogens with zero attached hydrogens (tertiary/aromatic N) is 3. The Hall–Kier alpha value is -2.78. The number of fused-ring (bicyclic) bond motifs is 3. The van der Waals surface area contributed by atoms with Crippen LogP contribution in [0.2, 0.25) is 0 Å². The zero-order valence-corrected chi connectivity index (χ0v) is 20.0. The number of carbonyl (C=O) groups is 1. The number of thioether (sulfide) groups is 1. The maximum absolute atomic E-state index is 13.5. The number of hydrogen-bond donors (Lipinski definition) is 2. The largest absolute Gasteiger partial charge is 0.507 e. The fraction of sp³-hybridized carbons (Fsp3) is 0.370. The van der Waals surface area contributed by atoms with Gasteiger partial charge < -0.3 is 19.8 Å². The molecule has 2 aromatic carbocycles. The number of ether oxygens (including phenoxy) is 1. The molecule has 7 nitrogen and oxygen atoms in total. The number of morpholine rings is 1. The van der Waals surface area contributed by atoms with E-state index in [1.54, 1.807) is 16.1 Å². The molecule has 0 spiro atoms. The molecule has 0 radical (unpaired) electrons. The SMILES string of the molecule is O=C1C2=C(O)C(O)C=CN2N([C@@H]2c3ccccc3SC3CCCc4cccc2c43)[C@@H]2COCCN12. The number of benzene rings is 2. The van der Waals surface area contributed by atoms with Gasteiger partial charge in [-0.25, -0.2) is 0 Å². The molecule has 2 saturated heterocycles. The van der Waals surface area contributed by atoms with Gasteiger partial charge in [-0.05, 0) is 53.7 Å². The standard InChI is InChI=1S/C27H27N3O4S/c31-19-11-12-29-25(26(19)32)27(33)28-13-14-34-15-22(28)30(29)24-17-7-1-2-9-20(17)35-21-10-4-6-16-5-3-8-18(24)23(16)21/h1-3,5,7-9,11-12,19,21-22,24,31-32H,4,6,10,13-15H2/t19?,21?,22-,24-/m1/s1. The van der Waals surface area contributed by atoms with Crippen LogP contribution in [0, 0.1) is 0 Å². The van der Waals surface area contributed by atoms with Gasteiger partial charge in [-0.2, -0.15) is 5.01 Å². The Labute approximate surface area is 208 Å². The van der Waals surface area contributed by atoms with Gasteiger partial charge in [0.15, 0.2) is 11.5 Å². The van der Waals surface area contributed by atoms with Crippen LogP contribution in [0.1, 0.15) is 46.4 Å². The van der Waals surface area contributed by atoms with E-state index in [1.165, 1.54) is 39.6 Å². The van der Waals surface area contributed by atoms with Gasteiger partial charge >= 0.3 is 0 Å². The maximum Gasteiger partial charge on any atom is 0.277 e. The lowest BCUT2D eigenvalue weighted by atomic mass is 9.83. The minimum atomic E-state index is -1.20. The fourth-order valence-electron chi connectivity index (χ4n) is 6.25. The molecule has 5 aliphatic rings. The van der Waals surface area contributed by atoms with E-state index in [0.717, 1.165) is 12.8 Å². The zero-order chi connectivity index (χ0) is 23.7. The van der Waals surface area contributed by atoms with Crippen LogP contribution in [0.15, 0.2) is 71.1 Å². The van der Waals surface area contributed by atoms with E-state index in [-0.39, 0.29) is 29.6 Å². The van der Waals surface area contributed by atoms with Crippen molar-refractivity contribution in [3.05, 3.63) is 88.5 Å². The first-order chi connectivity index (χ1) is 17.1. The second kappa shape index (κ2) is 8.13. The molecule has 180 valence electrons. The van der Waals surface area contributed by atoms with Gasteiger partial charge in [0.1, 0.15) is 12.3 Å². The lowest BCUT2D eigenvalue weighted by Gasteiger charge is -2.55. The Morgan fingerprint density at radius 2 is 1.94 bits per heavy atom. The second-order valence-corrected chi connectivity index (χ2v) is 10.9. The summed E-state index contributed by atoms with van der Waals surface area (Å²) in [5, 5.41) is 25.5. The van der Waals surface area contributed by atoms with Gasteiger partial charge in [-0.3, -0.25) is 9.80 Å². The van der Waals surface area contributed by atoms with E-state index >= 15 is 0 Å². The number of amides is 1. The fourth-order valence-corrected chi connectivity index (χ4v) is 7.72. The van der Waals surface area contributed by atoms with Crippen LogP contribution in [0.3, 0.4) is 0 Å². The summed E-state index contributed by atoms with van der Waals surface area (Å²) in [6.45, 7) is 1.25. The molecule has 2 N–H and O–H groups in total. The van der Waals surface area contributed by atoms with E-state index in [9.17, 15) is 15.0 Å². The molecule has 0 aromatic heterocycles. The number of carbonyl (C=O) groups excluding carboxylic acids is 1. The van der Waals surface area contributed by atoms with Gasteiger partial charge in [0.05, 0.1) is 19.3 Å². The molecule has 2 fully saturated rings. The number of hydrogen-bond acceptors (Lipinski definition) is 7. The molecule has 4 atom stereocenters. The summed E-state index contributed by atoms with van der Waals surface area (Å²) >= 11 is 1.94. The Bertz CT molecular complexity index is 1280. The summed E-state index contributed by atoms with van der Waals surface area (Å²) in [7, 11) is 0. The van der Waals surface area contributed by atoms with Crippen molar-refractivity contribution in [2.24, 2.45) is 0 Å². The normalized spacial score (nSPS) is 29.8. The third-order valence-corrected chi connectivity index (χ3v) is 9.17. The molecule has 0 saturated carbocycles. The number of hydrazine groups is 1. The minimum Gasteiger partial charge on any atom is -0.507 e. The highest BCUT2D eigenvalue weighted by molar-refractivity contribution is 7.99. The molecule has 2 aromatic rings. The Kier molecular flexibility index (Phi) is 4.99. The lowest BCUT2D eigenvalue weighted by molar-refractivity contribution is -0.190. The molecule has 0 bridgehead atoms. The third-order valence-electron chi connectivity index (χ3n) is 7.79. The number of aryl methyl sites for hydroxylation is 1. The quantitative estimate of drug-likeness (QED) is 0.634. The molecule has 2 unspecified atom stereocenters. The van der Waals surface area contributed by atoms with E-state index in [2.05, 4.69) is 47.5 Å². The zero-order valence-electron chi connectivity index (χ0n) is 19.2. The van der Waals surface area contributed by atoms with Crippen molar-refractivity contribution < 1.29 is 19.7 Å².